The third-order valence-corrected chi connectivity index (χ3v) is 6.88. The van der Waals surface area contributed by atoms with Crippen molar-refractivity contribution in [1.82, 2.24) is 5.32 Å². The van der Waals surface area contributed by atoms with Gasteiger partial charge in [0, 0.05) is 30.4 Å². The lowest BCUT2D eigenvalue weighted by atomic mass is 9.87. The maximum absolute atomic E-state index is 10.0. The largest absolute Gasteiger partial charge is 0.497 e. The van der Waals surface area contributed by atoms with Crippen LogP contribution in [0.3, 0.4) is 0 Å². The van der Waals surface area contributed by atoms with Crippen LogP contribution < -0.4 is 15.0 Å². The summed E-state index contributed by atoms with van der Waals surface area (Å²) in [5.41, 5.74) is 8.95. The highest BCUT2D eigenvalue weighted by Gasteiger charge is 2.19. The molecule has 4 rings (SSSR count). The highest BCUT2D eigenvalue weighted by Crippen LogP contribution is 2.37. The van der Waals surface area contributed by atoms with Crippen molar-refractivity contribution < 1.29 is 9.84 Å². The molecule has 3 aromatic rings. The van der Waals surface area contributed by atoms with Crippen LogP contribution in [0.25, 0.3) is 11.1 Å². The Morgan fingerprint density at radius 1 is 0.971 bits per heavy atom. The van der Waals surface area contributed by atoms with Crippen LogP contribution in [-0.4, -0.2) is 38.0 Å². The fraction of sp³-hybridized carbons (Fsp3) is 0.400. The molecule has 0 aliphatic heterocycles. The van der Waals surface area contributed by atoms with Crippen molar-refractivity contribution in [2.45, 2.75) is 52.2 Å². The van der Waals surface area contributed by atoms with Crippen molar-refractivity contribution in [3.8, 4) is 16.9 Å². The summed E-state index contributed by atoms with van der Waals surface area (Å²) >= 11 is 0. The van der Waals surface area contributed by atoms with E-state index in [-0.39, 0.29) is 6.10 Å². The lowest BCUT2D eigenvalue weighted by Crippen LogP contribution is -2.23. The summed E-state index contributed by atoms with van der Waals surface area (Å²) in [5, 5.41) is 13.4. The Morgan fingerprint density at radius 3 is 2.50 bits per heavy atom. The first-order valence-corrected chi connectivity index (χ1v) is 12.6. The first-order chi connectivity index (χ1) is 16.6. The first-order valence-electron chi connectivity index (χ1n) is 12.6. The third kappa shape index (κ3) is 5.81. The van der Waals surface area contributed by atoms with Gasteiger partial charge in [0.05, 0.1) is 13.2 Å². The topological polar surface area (TPSA) is 44.7 Å². The number of hydrogen-bond acceptors (Lipinski definition) is 4. The van der Waals surface area contributed by atoms with Gasteiger partial charge in [-0.25, -0.2) is 0 Å². The van der Waals surface area contributed by atoms with Gasteiger partial charge in [-0.3, -0.25) is 0 Å². The van der Waals surface area contributed by atoms with E-state index in [9.17, 15) is 5.11 Å². The summed E-state index contributed by atoms with van der Waals surface area (Å²) in [6, 6.07) is 22.1. The van der Waals surface area contributed by atoms with Gasteiger partial charge in [-0.2, -0.15) is 0 Å². The Labute approximate surface area is 204 Å². The maximum atomic E-state index is 10.0. The maximum Gasteiger partial charge on any atom is 0.120 e. The van der Waals surface area contributed by atoms with Crippen molar-refractivity contribution in [3.05, 3.63) is 82.9 Å². The lowest BCUT2D eigenvalue weighted by Gasteiger charge is -2.27. The zero-order valence-corrected chi connectivity index (χ0v) is 20.8. The van der Waals surface area contributed by atoms with Crippen LogP contribution in [0.15, 0.2) is 60.7 Å². The number of aliphatic hydroxyl groups excluding tert-OH is 1. The molecule has 0 spiro atoms. The lowest BCUT2D eigenvalue weighted by molar-refractivity contribution is 0.158. The van der Waals surface area contributed by atoms with Gasteiger partial charge in [0.2, 0.25) is 0 Å². The monoisotopic (exact) mass is 458 g/mol. The minimum Gasteiger partial charge on any atom is -0.497 e. The average molecular weight is 459 g/mol. The summed E-state index contributed by atoms with van der Waals surface area (Å²) in [7, 11) is 1.73. The second kappa shape index (κ2) is 11.5. The quantitative estimate of drug-likeness (QED) is 0.400. The van der Waals surface area contributed by atoms with Gasteiger partial charge < -0.3 is 20.1 Å². The Balaban J connectivity index is 1.60. The molecule has 1 unspecified atom stereocenters. The Kier molecular flexibility index (Phi) is 8.25. The van der Waals surface area contributed by atoms with Crippen LogP contribution in [0.5, 0.6) is 5.75 Å². The molecular formula is C30H38N2O2. The Hall–Kier alpha value is -2.82. The Bertz CT molecular complexity index is 1080. The molecule has 1 aliphatic carbocycles. The SMILES string of the molecule is CCNCCc1ccc(CN(CC)c2cc(OC)ccc2-c2ccc3c(c2)CCC(O)C3)cc1. The molecular weight excluding hydrogens is 420 g/mol. The molecule has 3 aromatic carbocycles. The average Bonchev–Trinajstić information content (AvgIpc) is 2.87. The summed E-state index contributed by atoms with van der Waals surface area (Å²) in [4.78, 5) is 2.43. The van der Waals surface area contributed by atoms with Gasteiger partial charge in [0.1, 0.15) is 5.75 Å². The second-order valence-corrected chi connectivity index (χ2v) is 9.20. The van der Waals surface area contributed by atoms with Gasteiger partial charge in [-0.15, -0.1) is 0 Å². The van der Waals surface area contributed by atoms with Crippen LogP contribution >= 0.6 is 0 Å². The van der Waals surface area contributed by atoms with Gasteiger partial charge in [-0.05, 0) is 85.6 Å². The number of rotatable bonds is 10. The van der Waals surface area contributed by atoms with Crippen LogP contribution in [0.1, 0.15) is 42.5 Å². The standard InChI is InChI=1S/C30H38N2O2/c1-4-31-17-16-22-6-8-23(9-7-22)21-32(5-2)30-20-28(34-3)14-15-29(30)26-11-10-25-19-27(33)13-12-24(25)18-26/h6-11,14-15,18,20,27,31,33H,4-5,12-13,16-17,19,21H2,1-3H3. The number of fused-ring (bicyclic) bond motifs is 1. The molecule has 4 nitrogen and oxygen atoms in total. The van der Waals surface area contributed by atoms with E-state index in [2.05, 4.69) is 84.7 Å². The van der Waals surface area contributed by atoms with E-state index in [0.29, 0.717) is 0 Å². The summed E-state index contributed by atoms with van der Waals surface area (Å²) in [5.74, 6) is 0.872. The van der Waals surface area contributed by atoms with Crippen molar-refractivity contribution in [1.29, 1.82) is 0 Å². The molecule has 2 N–H and O–H groups in total. The van der Waals surface area contributed by atoms with E-state index in [1.807, 2.05) is 0 Å². The zero-order chi connectivity index (χ0) is 23.9. The fourth-order valence-electron chi connectivity index (χ4n) is 4.86. The van der Waals surface area contributed by atoms with Crippen molar-refractivity contribution in [2.75, 3.05) is 31.6 Å². The molecule has 1 aliphatic rings. The molecule has 0 aromatic heterocycles. The highest BCUT2D eigenvalue weighted by molar-refractivity contribution is 5.80. The number of nitrogens with zero attached hydrogens (tertiary/aromatic N) is 1. The van der Waals surface area contributed by atoms with Crippen molar-refractivity contribution >= 4 is 5.69 Å². The molecule has 0 amide bonds. The number of ether oxygens (including phenoxy) is 1. The molecule has 0 bridgehead atoms. The molecule has 0 fully saturated rings. The van der Waals surface area contributed by atoms with Gasteiger partial charge in [-0.1, -0.05) is 49.4 Å². The van der Waals surface area contributed by atoms with Gasteiger partial charge >= 0.3 is 0 Å². The molecule has 34 heavy (non-hydrogen) atoms. The van der Waals surface area contributed by atoms with E-state index >= 15 is 0 Å². The number of aliphatic hydroxyl groups is 1. The molecule has 0 saturated carbocycles. The molecule has 0 radical (unpaired) electrons. The minimum absolute atomic E-state index is 0.209. The predicted octanol–water partition coefficient (Wildman–Crippen LogP) is 5.39. The summed E-state index contributed by atoms with van der Waals surface area (Å²) in [6.07, 6.45) is 3.39. The molecule has 0 heterocycles. The fourth-order valence-corrected chi connectivity index (χ4v) is 4.86. The number of anilines is 1. The minimum atomic E-state index is -0.209. The predicted molar refractivity (Wildman–Crippen MR) is 142 cm³/mol. The van der Waals surface area contributed by atoms with E-state index in [1.54, 1.807) is 7.11 Å². The smallest absolute Gasteiger partial charge is 0.120 e. The molecule has 4 heteroatoms. The number of nitrogens with one attached hydrogen (secondary N) is 1. The summed E-state index contributed by atoms with van der Waals surface area (Å²) < 4.78 is 5.60. The number of likely N-dealkylation sites (N-methyl/N-ethyl adjacent to an activating group) is 1. The second-order valence-electron chi connectivity index (χ2n) is 9.20. The first kappa shape index (κ1) is 24.3. The third-order valence-electron chi connectivity index (χ3n) is 6.88. The normalized spacial score (nSPS) is 15.1. The zero-order valence-electron chi connectivity index (χ0n) is 20.8. The van der Waals surface area contributed by atoms with Crippen LogP contribution in [-0.2, 0) is 25.8 Å². The van der Waals surface area contributed by atoms with Crippen molar-refractivity contribution in [2.24, 2.45) is 0 Å². The number of aryl methyl sites for hydroxylation is 1. The van der Waals surface area contributed by atoms with Crippen LogP contribution in [0, 0.1) is 0 Å². The van der Waals surface area contributed by atoms with Gasteiger partial charge in [0.15, 0.2) is 0 Å². The van der Waals surface area contributed by atoms with E-state index < -0.39 is 0 Å². The van der Waals surface area contributed by atoms with Crippen LogP contribution in [0.2, 0.25) is 0 Å². The molecule has 1 atom stereocenters. The van der Waals surface area contributed by atoms with E-state index in [1.165, 1.54) is 39.1 Å². The van der Waals surface area contributed by atoms with Gasteiger partial charge in [0.25, 0.3) is 0 Å². The highest BCUT2D eigenvalue weighted by atomic mass is 16.5. The molecule has 180 valence electrons. The number of benzene rings is 3. The van der Waals surface area contributed by atoms with E-state index in [4.69, 9.17) is 4.74 Å². The van der Waals surface area contributed by atoms with E-state index in [0.717, 1.165) is 57.6 Å². The van der Waals surface area contributed by atoms with Crippen molar-refractivity contribution in [3.63, 3.8) is 0 Å². The number of hydrogen-bond donors (Lipinski definition) is 2. The number of methoxy groups -OCH3 is 1. The Morgan fingerprint density at radius 2 is 1.76 bits per heavy atom. The molecule has 0 saturated heterocycles. The van der Waals surface area contributed by atoms with Crippen LogP contribution in [0.4, 0.5) is 5.69 Å². The summed E-state index contributed by atoms with van der Waals surface area (Å²) in [6.45, 7) is 8.13.